The number of hydrogen-bond acceptors (Lipinski definition) is 7. The van der Waals surface area contributed by atoms with E-state index in [0.717, 1.165) is 33.1 Å². The zero-order valence-corrected chi connectivity index (χ0v) is 22.2. The lowest BCUT2D eigenvalue weighted by Gasteiger charge is -2.43. The average molecular weight is 519 g/mol. The predicted molar refractivity (Wildman–Crippen MR) is 148 cm³/mol. The fourth-order valence-corrected chi connectivity index (χ4v) is 5.56. The molecule has 1 atom stereocenters. The molecule has 6 nitrogen and oxygen atoms in total. The summed E-state index contributed by atoms with van der Waals surface area (Å²) in [5.74, 6) is -0.286. The average Bonchev–Trinajstić information content (AvgIpc) is 3.18. The van der Waals surface area contributed by atoms with Gasteiger partial charge in [-0.1, -0.05) is 59.6 Å². The Morgan fingerprint density at radius 1 is 1.08 bits per heavy atom. The van der Waals surface area contributed by atoms with Crippen LogP contribution in [0.15, 0.2) is 89.1 Å². The number of hydrogen-bond donors (Lipinski definition) is 0. The summed E-state index contributed by atoms with van der Waals surface area (Å²) in [7, 11) is 2.02. The number of hydrazone groups is 1. The van der Waals surface area contributed by atoms with E-state index in [2.05, 4.69) is 17.0 Å². The maximum Gasteiger partial charge on any atom is 0.376 e. The SMILES string of the molecule is CCOC(=O)C1=NN(c2ccc(C)cc2)[C@@]2(c3ccccc3)c3cc(Cl)ccc3N(C)C(SC)=CN12. The molecule has 3 aromatic rings. The van der Waals surface area contributed by atoms with Crippen molar-refractivity contribution >= 4 is 46.5 Å². The number of carbonyl (C=O) groups is 1. The topological polar surface area (TPSA) is 48.4 Å². The molecule has 0 radical (unpaired) electrons. The van der Waals surface area contributed by atoms with E-state index in [4.69, 9.17) is 21.4 Å². The maximum absolute atomic E-state index is 13.4. The van der Waals surface area contributed by atoms with Gasteiger partial charge in [-0.15, -0.1) is 16.9 Å². The molecule has 0 saturated carbocycles. The molecule has 0 unspecified atom stereocenters. The molecule has 36 heavy (non-hydrogen) atoms. The molecule has 184 valence electrons. The number of thioether (sulfide) groups is 1. The summed E-state index contributed by atoms with van der Waals surface area (Å²) in [6.07, 6.45) is 4.00. The zero-order chi connectivity index (χ0) is 25.4. The molecule has 0 aliphatic carbocycles. The summed E-state index contributed by atoms with van der Waals surface area (Å²) in [6.45, 7) is 4.09. The second kappa shape index (κ2) is 9.56. The second-order valence-corrected chi connectivity index (χ2v) is 9.85. The molecule has 0 fully saturated rings. The van der Waals surface area contributed by atoms with Crippen molar-refractivity contribution in [1.29, 1.82) is 0 Å². The van der Waals surface area contributed by atoms with Crippen molar-refractivity contribution < 1.29 is 9.53 Å². The predicted octanol–water partition coefficient (Wildman–Crippen LogP) is 6.16. The molecule has 0 aromatic heterocycles. The normalized spacial score (nSPS) is 18.8. The molecule has 5 rings (SSSR count). The Kier molecular flexibility index (Phi) is 6.45. The van der Waals surface area contributed by atoms with Gasteiger partial charge < -0.3 is 9.64 Å². The number of ether oxygens (including phenoxy) is 1. The second-order valence-electron chi connectivity index (χ2n) is 8.59. The number of amidine groups is 1. The van der Waals surface area contributed by atoms with Gasteiger partial charge in [0.2, 0.25) is 5.84 Å². The highest BCUT2D eigenvalue weighted by Gasteiger charge is 2.56. The quantitative estimate of drug-likeness (QED) is 0.377. The number of halogens is 1. The third-order valence-corrected chi connectivity index (χ3v) is 7.50. The summed E-state index contributed by atoms with van der Waals surface area (Å²) in [5.41, 5.74) is 3.72. The van der Waals surface area contributed by atoms with Crippen LogP contribution >= 0.6 is 23.4 Å². The lowest BCUT2D eigenvalue weighted by atomic mass is 9.87. The molecule has 8 heteroatoms. The van der Waals surface area contributed by atoms with Crippen molar-refractivity contribution in [2.24, 2.45) is 5.10 Å². The Balaban J connectivity index is 1.92. The minimum Gasteiger partial charge on any atom is -0.460 e. The Hall–Kier alpha value is -3.42. The van der Waals surface area contributed by atoms with Crippen molar-refractivity contribution in [3.05, 3.63) is 106 Å². The summed E-state index contributed by atoms with van der Waals surface area (Å²) in [5, 5.41) is 8.40. The molecule has 0 spiro atoms. The molecule has 0 saturated heterocycles. The van der Waals surface area contributed by atoms with Crippen LogP contribution in [-0.4, -0.2) is 36.6 Å². The minimum absolute atomic E-state index is 0.203. The monoisotopic (exact) mass is 518 g/mol. The Labute approximate surface area is 220 Å². The Morgan fingerprint density at radius 3 is 2.47 bits per heavy atom. The van der Waals surface area contributed by atoms with Gasteiger partial charge in [0.25, 0.3) is 0 Å². The van der Waals surface area contributed by atoms with Crippen LogP contribution in [0.1, 0.15) is 23.6 Å². The first-order chi connectivity index (χ1) is 17.4. The first-order valence-corrected chi connectivity index (χ1v) is 13.3. The van der Waals surface area contributed by atoms with Crippen molar-refractivity contribution in [2.45, 2.75) is 19.5 Å². The number of benzene rings is 3. The molecule has 2 aliphatic rings. The van der Waals surface area contributed by atoms with E-state index in [1.165, 1.54) is 0 Å². The summed E-state index contributed by atoms with van der Waals surface area (Å²) in [6, 6.07) is 24.1. The number of fused-ring (bicyclic) bond motifs is 3. The zero-order valence-electron chi connectivity index (χ0n) is 20.6. The van der Waals surface area contributed by atoms with Crippen molar-refractivity contribution in [3.63, 3.8) is 0 Å². The van der Waals surface area contributed by atoms with Crippen LogP contribution in [0.4, 0.5) is 11.4 Å². The van der Waals surface area contributed by atoms with Gasteiger partial charge in [-0.25, -0.2) is 9.80 Å². The van der Waals surface area contributed by atoms with Gasteiger partial charge in [-0.05, 0) is 50.4 Å². The molecular weight excluding hydrogens is 492 g/mol. The number of anilines is 2. The number of nitrogens with zero attached hydrogens (tertiary/aromatic N) is 4. The molecule has 0 bridgehead atoms. The largest absolute Gasteiger partial charge is 0.460 e. The van der Waals surface area contributed by atoms with E-state index < -0.39 is 11.6 Å². The van der Waals surface area contributed by atoms with Crippen LogP contribution in [0.5, 0.6) is 0 Å². The van der Waals surface area contributed by atoms with Crippen molar-refractivity contribution in [3.8, 4) is 0 Å². The molecule has 2 aliphatic heterocycles. The van der Waals surface area contributed by atoms with E-state index in [1.54, 1.807) is 18.7 Å². The Bertz CT molecular complexity index is 1360. The molecule has 2 heterocycles. The smallest absolute Gasteiger partial charge is 0.376 e. The van der Waals surface area contributed by atoms with Crippen LogP contribution in [0.3, 0.4) is 0 Å². The number of esters is 1. The fourth-order valence-electron chi connectivity index (χ4n) is 4.81. The van der Waals surface area contributed by atoms with Gasteiger partial charge in [-0.2, -0.15) is 0 Å². The molecule has 0 amide bonds. The van der Waals surface area contributed by atoms with Gasteiger partial charge >= 0.3 is 5.97 Å². The third-order valence-electron chi connectivity index (χ3n) is 6.47. The highest BCUT2D eigenvalue weighted by Crippen LogP contribution is 2.52. The van der Waals surface area contributed by atoms with Gasteiger partial charge in [0, 0.05) is 35.1 Å². The first kappa shape index (κ1) is 24.3. The van der Waals surface area contributed by atoms with Crippen LogP contribution in [0.25, 0.3) is 0 Å². The minimum atomic E-state index is -1.04. The first-order valence-electron chi connectivity index (χ1n) is 11.7. The third kappa shape index (κ3) is 3.74. The fraction of sp³-hybridized carbons (Fsp3) is 0.214. The van der Waals surface area contributed by atoms with Gasteiger partial charge in [0.05, 0.1) is 17.3 Å². The molecule has 3 aromatic carbocycles. The number of carbonyl (C=O) groups excluding carboxylic acids is 1. The van der Waals surface area contributed by atoms with Gasteiger partial charge in [0.15, 0.2) is 5.66 Å². The van der Waals surface area contributed by atoms with Crippen LogP contribution < -0.4 is 9.91 Å². The van der Waals surface area contributed by atoms with Gasteiger partial charge in [0.1, 0.15) is 0 Å². The van der Waals surface area contributed by atoms with E-state index in [1.807, 2.05) is 97.0 Å². The summed E-state index contributed by atoms with van der Waals surface area (Å²) in [4.78, 5) is 17.4. The summed E-state index contributed by atoms with van der Waals surface area (Å²) >= 11 is 8.23. The van der Waals surface area contributed by atoms with E-state index >= 15 is 0 Å². The van der Waals surface area contributed by atoms with E-state index in [-0.39, 0.29) is 12.4 Å². The highest BCUT2D eigenvalue weighted by atomic mass is 35.5. The maximum atomic E-state index is 13.4. The number of rotatable bonds is 5. The van der Waals surface area contributed by atoms with E-state index in [0.29, 0.717) is 5.02 Å². The van der Waals surface area contributed by atoms with E-state index in [9.17, 15) is 4.79 Å². The van der Waals surface area contributed by atoms with Crippen LogP contribution in [0, 0.1) is 6.92 Å². The molecule has 0 N–H and O–H groups in total. The summed E-state index contributed by atoms with van der Waals surface area (Å²) < 4.78 is 5.49. The molecular formula is C28H27ClN4O2S. The lowest BCUT2D eigenvalue weighted by molar-refractivity contribution is -0.135. The van der Waals surface area contributed by atoms with Crippen molar-refractivity contribution in [2.75, 3.05) is 29.8 Å². The van der Waals surface area contributed by atoms with Crippen LogP contribution in [-0.2, 0) is 15.2 Å². The standard InChI is InChI=1S/C28H27ClN4O2S/c1-5-35-27(34)26-30-33(22-14-11-19(2)12-15-22)28(20-9-7-6-8-10-20)23-17-21(29)13-16-24(23)31(3)25(36-4)18-32(26)28/h6-18H,5H2,1-4H3/t28-/m0/s1. The van der Waals surface area contributed by atoms with Crippen molar-refractivity contribution in [1.82, 2.24) is 4.90 Å². The van der Waals surface area contributed by atoms with Crippen LogP contribution in [0.2, 0.25) is 5.02 Å². The van der Waals surface area contributed by atoms with Gasteiger partial charge in [-0.3, -0.25) is 4.90 Å². The Morgan fingerprint density at radius 2 is 1.81 bits per heavy atom. The number of aryl methyl sites for hydroxylation is 1. The lowest BCUT2D eigenvalue weighted by Crippen LogP contribution is -2.52. The highest BCUT2D eigenvalue weighted by molar-refractivity contribution is 8.02.